The van der Waals surface area contributed by atoms with Crippen molar-refractivity contribution < 1.29 is 14.3 Å². The van der Waals surface area contributed by atoms with Gasteiger partial charge in [-0.05, 0) is 18.2 Å². The predicted molar refractivity (Wildman–Crippen MR) is 123 cm³/mol. The minimum Gasteiger partial charge on any atom is -0.472 e. The van der Waals surface area contributed by atoms with Gasteiger partial charge in [0.05, 0.1) is 17.7 Å². The van der Waals surface area contributed by atoms with Crippen LogP contribution in [0.4, 0.5) is 0 Å². The summed E-state index contributed by atoms with van der Waals surface area (Å²) in [4.78, 5) is 36.8. The van der Waals surface area contributed by atoms with Crippen LogP contribution in [0.5, 0.6) is 5.88 Å². The maximum absolute atomic E-state index is 12.4. The molecule has 3 heterocycles. The first kappa shape index (κ1) is 22.0. The number of nitrogens with one attached hydrogen (secondary N) is 1. The van der Waals surface area contributed by atoms with E-state index in [0.29, 0.717) is 30.1 Å². The fraction of sp³-hybridized carbons (Fsp3) is 0.333. The molecule has 1 aromatic carbocycles. The highest BCUT2D eigenvalue weighted by Crippen LogP contribution is 2.22. The summed E-state index contributed by atoms with van der Waals surface area (Å²) in [7, 11) is 1.72. The molecule has 1 unspecified atom stereocenters. The highest BCUT2D eigenvalue weighted by molar-refractivity contribution is 14.0. The lowest BCUT2D eigenvalue weighted by atomic mass is 10.1. The number of ether oxygens (including phenoxy) is 1. The van der Waals surface area contributed by atoms with Crippen LogP contribution < -0.4 is 10.1 Å². The Hall–Kier alpha value is -2.69. The molecule has 2 aliphatic rings. The summed E-state index contributed by atoms with van der Waals surface area (Å²) in [6.45, 7) is 2.22. The molecule has 0 radical (unpaired) electrons. The summed E-state index contributed by atoms with van der Waals surface area (Å²) in [6, 6.07) is 12.5. The Labute approximate surface area is 192 Å². The van der Waals surface area contributed by atoms with E-state index in [0.717, 1.165) is 18.9 Å². The molecule has 0 aliphatic carbocycles. The zero-order chi connectivity index (χ0) is 20.2. The number of fused-ring (bicyclic) bond motifs is 1. The van der Waals surface area contributed by atoms with Gasteiger partial charge in [0.25, 0.3) is 11.8 Å². The van der Waals surface area contributed by atoms with Crippen molar-refractivity contribution in [3.05, 3.63) is 59.8 Å². The van der Waals surface area contributed by atoms with Crippen LogP contribution >= 0.6 is 24.0 Å². The Morgan fingerprint density at radius 1 is 1.17 bits per heavy atom. The molecule has 2 aliphatic heterocycles. The maximum Gasteiger partial charge on any atom is 0.261 e. The molecule has 30 heavy (non-hydrogen) atoms. The second kappa shape index (κ2) is 9.88. The van der Waals surface area contributed by atoms with E-state index >= 15 is 0 Å². The van der Waals surface area contributed by atoms with Crippen molar-refractivity contribution in [1.82, 2.24) is 20.1 Å². The molecule has 8 nitrogen and oxygen atoms in total. The SMILES string of the molecule is CN=C(NCCN1C(=O)c2ccccc2C1=O)N1CCC(Oc2ccccn2)C1.I. The number of likely N-dealkylation sites (tertiary alicyclic amines) is 1. The van der Waals surface area contributed by atoms with E-state index in [1.165, 1.54) is 4.90 Å². The molecule has 1 fully saturated rings. The summed E-state index contributed by atoms with van der Waals surface area (Å²) in [6.07, 6.45) is 2.62. The summed E-state index contributed by atoms with van der Waals surface area (Å²) >= 11 is 0. The van der Waals surface area contributed by atoms with E-state index < -0.39 is 0 Å². The molecule has 1 atom stereocenters. The van der Waals surface area contributed by atoms with Gasteiger partial charge in [0, 0.05) is 45.4 Å². The van der Waals surface area contributed by atoms with Gasteiger partial charge in [-0.15, -0.1) is 24.0 Å². The van der Waals surface area contributed by atoms with Crippen molar-refractivity contribution >= 4 is 41.8 Å². The summed E-state index contributed by atoms with van der Waals surface area (Å²) in [5.74, 6) is 0.862. The zero-order valence-corrected chi connectivity index (χ0v) is 19.0. The average Bonchev–Trinajstić information content (AvgIpc) is 3.30. The number of carbonyl (C=O) groups is 2. The Bertz CT molecular complexity index is 902. The standard InChI is InChI=1S/C21H23N5O3.HI/c1-22-21(25-12-9-15(14-25)29-18-8-4-5-10-23-18)24-11-13-26-19(27)16-6-2-3-7-17(16)20(26)28;/h2-8,10,15H,9,11-14H2,1H3,(H,22,24);1H. The van der Waals surface area contributed by atoms with Crippen LogP contribution in [0, 0.1) is 0 Å². The Kier molecular flexibility index (Phi) is 7.24. The fourth-order valence-electron chi connectivity index (χ4n) is 3.66. The number of hydrogen-bond acceptors (Lipinski definition) is 5. The minimum atomic E-state index is -0.243. The number of benzene rings is 1. The van der Waals surface area contributed by atoms with Crippen molar-refractivity contribution in [2.45, 2.75) is 12.5 Å². The van der Waals surface area contributed by atoms with E-state index in [1.54, 1.807) is 37.5 Å². The van der Waals surface area contributed by atoms with Gasteiger partial charge in [-0.25, -0.2) is 4.98 Å². The fourth-order valence-corrected chi connectivity index (χ4v) is 3.66. The third-order valence-electron chi connectivity index (χ3n) is 5.08. The number of halogens is 1. The van der Waals surface area contributed by atoms with Crippen LogP contribution in [0.2, 0.25) is 0 Å². The number of carbonyl (C=O) groups excluding carboxylic acids is 2. The van der Waals surface area contributed by atoms with Crippen LogP contribution in [-0.2, 0) is 0 Å². The Morgan fingerprint density at radius 2 is 1.87 bits per heavy atom. The van der Waals surface area contributed by atoms with Gasteiger partial charge >= 0.3 is 0 Å². The molecular weight excluding hydrogens is 497 g/mol. The topological polar surface area (TPSA) is 87.1 Å². The second-order valence-corrected chi connectivity index (χ2v) is 6.92. The number of nitrogens with zero attached hydrogens (tertiary/aromatic N) is 4. The van der Waals surface area contributed by atoms with Gasteiger partial charge < -0.3 is 15.0 Å². The number of guanidine groups is 1. The van der Waals surface area contributed by atoms with Gasteiger partial charge in [0.1, 0.15) is 6.10 Å². The third kappa shape index (κ3) is 4.55. The zero-order valence-electron chi connectivity index (χ0n) is 16.7. The van der Waals surface area contributed by atoms with Crippen molar-refractivity contribution in [3.63, 3.8) is 0 Å². The molecule has 1 saturated heterocycles. The summed E-state index contributed by atoms with van der Waals surface area (Å²) in [5.41, 5.74) is 0.937. The van der Waals surface area contributed by atoms with E-state index in [4.69, 9.17) is 4.74 Å². The Balaban J connectivity index is 0.00000256. The van der Waals surface area contributed by atoms with Gasteiger partial charge in [-0.1, -0.05) is 18.2 Å². The molecule has 1 N–H and O–H groups in total. The average molecular weight is 521 g/mol. The molecule has 158 valence electrons. The highest BCUT2D eigenvalue weighted by atomic mass is 127. The third-order valence-corrected chi connectivity index (χ3v) is 5.08. The van der Waals surface area contributed by atoms with E-state index in [9.17, 15) is 9.59 Å². The molecular formula is C21H24IN5O3. The lowest BCUT2D eigenvalue weighted by molar-refractivity contribution is 0.0657. The van der Waals surface area contributed by atoms with E-state index in [-0.39, 0.29) is 48.4 Å². The van der Waals surface area contributed by atoms with E-state index in [1.807, 2.05) is 18.2 Å². The number of pyridine rings is 1. The normalized spacial score (nSPS) is 18.3. The maximum atomic E-state index is 12.4. The van der Waals surface area contributed by atoms with Crippen molar-refractivity contribution in [1.29, 1.82) is 0 Å². The molecule has 0 bridgehead atoms. The number of aromatic nitrogens is 1. The smallest absolute Gasteiger partial charge is 0.261 e. The van der Waals surface area contributed by atoms with Gasteiger partial charge in [-0.2, -0.15) is 0 Å². The van der Waals surface area contributed by atoms with Crippen molar-refractivity contribution in [2.24, 2.45) is 4.99 Å². The molecule has 2 amide bonds. The Morgan fingerprint density at radius 3 is 2.50 bits per heavy atom. The second-order valence-electron chi connectivity index (χ2n) is 6.92. The largest absolute Gasteiger partial charge is 0.472 e. The van der Waals surface area contributed by atoms with Crippen molar-refractivity contribution in [2.75, 3.05) is 33.2 Å². The van der Waals surface area contributed by atoms with Gasteiger partial charge in [0.2, 0.25) is 5.88 Å². The molecule has 4 rings (SSSR count). The summed E-state index contributed by atoms with van der Waals surface area (Å²) in [5, 5.41) is 3.25. The highest BCUT2D eigenvalue weighted by Gasteiger charge is 2.34. The number of rotatable bonds is 5. The number of imide groups is 1. The first-order chi connectivity index (χ1) is 14.2. The van der Waals surface area contributed by atoms with Crippen LogP contribution in [0.15, 0.2) is 53.7 Å². The number of amides is 2. The first-order valence-electron chi connectivity index (χ1n) is 9.66. The lowest BCUT2D eigenvalue weighted by Crippen LogP contribution is -2.44. The van der Waals surface area contributed by atoms with Crippen LogP contribution in [0.3, 0.4) is 0 Å². The lowest BCUT2D eigenvalue weighted by Gasteiger charge is -2.22. The number of hydrogen-bond donors (Lipinski definition) is 1. The first-order valence-corrected chi connectivity index (χ1v) is 9.66. The summed E-state index contributed by atoms with van der Waals surface area (Å²) < 4.78 is 5.92. The van der Waals surface area contributed by atoms with Gasteiger partial charge in [0.15, 0.2) is 5.96 Å². The predicted octanol–water partition coefficient (Wildman–Crippen LogP) is 2.02. The van der Waals surface area contributed by atoms with Crippen LogP contribution in [-0.4, -0.2) is 71.9 Å². The van der Waals surface area contributed by atoms with E-state index in [2.05, 4.69) is 20.2 Å². The number of aliphatic imine (C=N–C) groups is 1. The molecule has 1 aromatic heterocycles. The van der Waals surface area contributed by atoms with Crippen LogP contribution in [0.25, 0.3) is 0 Å². The van der Waals surface area contributed by atoms with Crippen LogP contribution in [0.1, 0.15) is 27.1 Å². The molecule has 9 heteroatoms. The monoisotopic (exact) mass is 521 g/mol. The van der Waals surface area contributed by atoms with Gasteiger partial charge in [-0.3, -0.25) is 19.5 Å². The minimum absolute atomic E-state index is 0. The van der Waals surface area contributed by atoms with Crippen molar-refractivity contribution in [3.8, 4) is 5.88 Å². The molecule has 2 aromatic rings. The molecule has 0 spiro atoms. The quantitative estimate of drug-likeness (QED) is 0.281. The molecule has 0 saturated carbocycles.